The average Bonchev–Trinajstić information content (AvgIpc) is 2.68. The highest BCUT2D eigenvalue weighted by molar-refractivity contribution is 5.43. The maximum absolute atomic E-state index is 5.47. The maximum Gasteiger partial charge on any atom is 0.198 e. The predicted octanol–water partition coefficient (Wildman–Crippen LogP) is 1.23. The summed E-state index contributed by atoms with van der Waals surface area (Å²) in [4.78, 5) is 4.49. The van der Waals surface area contributed by atoms with E-state index in [1.165, 1.54) is 0 Å². The molecule has 2 rings (SSSR count). The first-order chi connectivity index (χ1) is 7.35. The molecule has 0 bridgehead atoms. The fourth-order valence-corrected chi connectivity index (χ4v) is 1.61. The Bertz CT molecular complexity index is 450. The van der Waals surface area contributed by atoms with Crippen molar-refractivity contribution in [3.05, 3.63) is 30.1 Å². The lowest BCUT2D eigenvalue weighted by atomic mass is 10.2. The smallest absolute Gasteiger partial charge is 0.198 e. The van der Waals surface area contributed by atoms with E-state index in [0.717, 1.165) is 30.1 Å². The number of methoxy groups -OCH3 is 1. The summed E-state index contributed by atoms with van der Waals surface area (Å²) in [6.07, 6.45) is 3.89. The van der Waals surface area contributed by atoms with E-state index < -0.39 is 0 Å². The Morgan fingerprint density at radius 2 is 2.33 bits per heavy atom. The van der Waals surface area contributed by atoms with Gasteiger partial charge in [-0.05, 0) is 31.5 Å². The number of pyridine rings is 1. The van der Waals surface area contributed by atoms with Crippen LogP contribution in [0.4, 0.5) is 0 Å². The summed E-state index contributed by atoms with van der Waals surface area (Å²) in [6, 6.07) is 5.82. The number of hydrogen-bond acceptors (Lipinski definition) is 3. The van der Waals surface area contributed by atoms with Gasteiger partial charge in [-0.3, -0.25) is 4.40 Å². The van der Waals surface area contributed by atoms with E-state index >= 15 is 0 Å². The summed E-state index contributed by atoms with van der Waals surface area (Å²) in [7, 11) is 1.66. The largest absolute Gasteiger partial charge is 0.482 e. The summed E-state index contributed by atoms with van der Waals surface area (Å²) in [5.41, 5.74) is 7.45. The molecule has 0 radical (unpaired) electrons. The molecule has 2 N–H and O–H groups in total. The fourth-order valence-electron chi connectivity index (χ4n) is 1.61. The highest BCUT2D eigenvalue weighted by Gasteiger charge is 2.04. The lowest BCUT2D eigenvalue weighted by Crippen LogP contribution is -2.00. The van der Waals surface area contributed by atoms with Gasteiger partial charge in [0, 0.05) is 6.20 Å². The summed E-state index contributed by atoms with van der Waals surface area (Å²) >= 11 is 0. The van der Waals surface area contributed by atoms with Crippen molar-refractivity contribution in [1.82, 2.24) is 9.38 Å². The predicted molar refractivity (Wildman–Crippen MR) is 59.1 cm³/mol. The zero-order chi connectivity index (χ0) is 10.7. The van der Waals surface area contributed by atoms with Crippen molar-refractivity contribution in [1.29, 1.82) is 0 Å². The van der Waals surface area contributed by atoms with Crippen LogP contribution in [0.2, 0.25) is 0 Å². The minimum Gasteiger partial charge on any atom is -0.482 e. The minimum absolute atomic E-state index is 0.699. The van der Waals surface area contributed by atoms with Crippen molar-refractivity contribution in [2.75, 3.05) is 13.7 Å². The van der Waals surface area contributed by atoms with Gasteiger partial charge >= 0.3 is 0 Å². The Balaban J connectivity index is 2.37. The molecule has 0 aromatic carbocycles. The zero-order valence-corrected chi connectivity index (χ0v) is 8.81. The number of hydrogen-bond donors (Lipinski definition) is 1. The third-order valence-corrected chi connectivity index (χ3v) is 2.35. The summed E-state index contributed by atoms with van der Waals surface area (Å²) in [5, 5.41) is 0. The second-order valence-electron chi connectivity index (χ2n) is 3.42. The molecule has 0 unspecified atom stereocenters. The molecule has 0 aliphatic carbocycles. The first kappa shape index (κ1) is 9.98. The molecule has 0 fully saturated rings. The molecule has 0 amide bonds. The van der Waals surface area contributed by atoms with Crippen LogP contribution in [-0.4, -0.2) is 23.0 Å². The molecule has 0 aliphatic heterocycles. The maximum atomic E-state index is 5.47. The molecule has 2 aromatic rings. The standard InChI is InChI=1S/C11H15N3O/c1-15-11-6-2-5-10-13-9(4-3-7-12)8-14(10)11/h2,5-6,8H,3-4,7,12H2,1H3. The highest BCUT2D eigenvalue weighted by atomic mass is 16.5. The molecule has 4 nitrogen and oxygen atoms in total. The van der Waals surface area contributed by atoms with Crippen LogP contribution in [0.5, 0.6) is 5.88 Å². The first-order valence-electron chi connectivity index (χ1n) is 5.06. The van der Waals surface area contributed by atoms with Gasteiger partial charge in [0.25, 0.3) is 0 Å². The number of nitrogens with zero attached hydrogens (tertiary/aromatic N) is 2. The molecule has 80 valence electrons. The number of rotatable bonds is 4. The molecule has 2 aromatic heterocycles. The lowest BCUT2D eigenvalue weighted by molar-refractivity contribution is 0.392. The highest BCUT2D eigenvalue weighted by Crippen LogP contribution is 2.15. The number of imidazole rings is 1. The topological polar surface area (TPSA) is 52.5 Å². The first-order valence-corrected chi connectivity index (χ1v) is 5.06. The molecular formula is C11H15N3O. The number of ether oxygens (including phenoxy) is 1. The molecule has 4 heteroatoms. The van der Waals surface area contributed by atoms with Gasteiger partial charge in [-0.1, -0.05) is 6.07 Å². The summed E-state index contributed by atoms with van der Waals surface area (Å²) < 4.78 is 7.19. The van der Waals surface area contributed by atoms with E-state index in [1.807, 2.05) is 28.8 Å². The van der Waals surface area contributed by atoms with Gasteiger partial charge in [0.1, 0.15) is 5.65 Å². The van der Waals surface area contributed by atoms with Crippen molar-refractivity contribution in [2.45, 2.75) is 12.8 Å². The molecule has 0 saturated carbocycles. The number of fused-ring (bicyclic) bond motifs is 1. The van der Waals surface area contributed by atoms with E-state index in [1.54, 1.807) is 7.11 Å². The Morgan fingerprint density at radius 1 is 1.47 bits per heavy atom. The number of nitrogens with two attached hydrogens (primary N) is 1. The van der Waals surface area contributed by atoms with Gasteiger partial charge in [0.2, 0.25) is 0 Å². The molecule has 0 spiro atoms. The fraction of sp³-hybridized carbons (Fsp3) is 0.364. The van der Waals surface area contributed by atoms with Gasteiger partial charge in [0.15, 0.2) is 5.88 Å². The van der Waals surface area contributed by atoms with Crippen molar-refractivity contribution in [3.8, 4) is 5.88 Å². The lowest BCUT2D eigenvalue weighted by Gasteiger charge is -2.01. The molecule has 0 aliphatic rings. The summed E-state index contributed by atoms with van der Waals surface area (Å²) in [5.74, 6) is 0.805. The normalized spacial score (nSPS) is 10.8. The van der Waals surface area contributed by atoms with Crippen LogP contribution in [0, 0.1) is 0 Å². The van der Waals surface area contributed by atoms with Gasteiger partial charge in [-0.15, -0.1) is 0 Å². The zero-order valence-electron chi connectivity index (χ0n) is 8.81. The monoisotopic (exact) mass is 205 g/mol. The third kappa shape index (κ3) is 1.94. The Labute approximate surface area is 88.7 Å². The van der Waals surface area contributed by atoms with Crippen LogP contribution < -0.4 is 10.5 Å². The van der Waals surface area contributed by atoms with Crippen LogP contribution >= 0.6 is 0 Å². The quantitative estimate of drug-likeness (QED) is 0.816. The van der Waals surface area contributed by atoms with E-state index in [9.17, 15) is 0 Å². The van der Waals surface area contributed by atoms with Gasteiger partial charge in [-0.2, -0.15) is 0 Å². The second kappa shape index (κ2) is 4.31. The second-order valence-corrected chi connectivity index (χ2v) is 3.42. The molecule has 15 heavy (non-hydrogen) atoms. The Hall–Kier alpha value is -1.55. The van der Waals surface area contributed by atoms with Crippen molar-refractivity contribution in [3.63, 3.8) is 0 Å². The minimum atomic E-state index is 0.699. The van der Waals surface area contributed by atoms with E-state index in [2.05, 4.69) is 4.98 Å². The molecule has 2 heterocycles. The van der Waals surface area contributed by atoms with Crippen LogP contribution in [0.3, 0.4) is 0 Å². The van der Waals surface area contributed by atoms with Crippen LogP contribution in [0.25, 0.3) is 5.65 Å². The van der Waals surface area contributed by atoms with E-state index in [0.29, 0.717) is 6.54 Å². The van der Waals surface area contributed by atoms with Crippen LogP contribution in [0.1, 0.15) is 12.1 Å². The van der Waals surface area contributed by atoms with E-state index in [-0.39, 0.29) is 0 Å². The van der Waals surface area contributed by atoms with Crippen LogP contribution in [0.15, 0.2) is 24.4 Å². The van der Waals surface area contributed by atoms with Gasteiger partial charge in [-0.25, -0.2) is 4.98 Å². The Kier molecular flexibility index (Phi) is 2.87. The SMILES string of the molecule is COc1cccc2nc(CCCN)cn12. The van der Waals surface area contributed by atoms with Crippen molar-refractivity contribution in [2.24, 2.45) is 5.73 Å². The van der Waals surface area contributed by atoms with Gasteiger partial charge < -0.3 is 10.5 Å². The number of aryl methyl sites for hydroxylation is 1. The van der Waals surface area contributed by atoms with E-state index in [4.69, 9.17) is 10.5 Å². The number of aromatic nitrogens is 2. The van der Waals surface area contributed by atoms with Gasteiger partial charge in [0.05, 0.1) is 12.8 Å². The van der Waals surface area contributed by atoms with Crippen molar-refractivity contribution >= 4 is 5.65 Å². The molecule has 0 saturated heterocycles. The average molecular weight is 205 g/mol. The Morgan fingerprint density at radius 3 is 3.07 bits per heavy atom. The third-order valence-electron chi connectivity index (χ3n) is 2.35. The summed E-state index contributed by atoms with van der Waals surface area (Å²) in [6.45, 7) is 0.699. The molecule has 0 atom stereocenters. The molecular weight excluding hydrogens is 190 g/mol. The van der Waals surface area contributed by atoms with Crippen molar-refractivity contribution < 1.29 is 4.74 Å². The van der Waals surface area contributed by atoms with Crippen LogP contribution in [-0.2, 0) is 6.42 Å².